The van der Waals surface area contributed by atoms with Crippen LogP contribution in [0.4, 0.5) is 5.69 Å². The van der Waals surface area contributed by atoms with Crippen LogP contribution in [-0.2, 0) is 0 Å². The van der Waals surface area contributed by atoms with Crippen LogP contribution in [0, 0.1) is 3.57 Å². The highest BCUT2D eigenvalue weighted by Gasteiger charge is 1.97. The van der Waals surface area contributed by atoms with E-state index >= 15 is 0 Å². The topological polar surface area (TPSA) is 25.2 Å². The molecule has 10 heavy (non-hydrogen) atoms. The fourth-order valence-corrected chi connectivity index (χ4v) is 1.12. The van der Waals surface area contributed by atoms with Gasteiger partial charge in [0, 0.05) is 9.77 Å². The van der Waals surface area contributed by atoms with Gasteiger partial charge in [0.25, 0.3) is 0 Å². The molecule has 0 aliphatic carbocycles. The molecule has 0 saturated heterocycles. The maximum Gasteiger partial charge on any atom is 0.154 e. The number of hydrogen-bond donors (Lipinski definition) is 0. The molecule has 0 radical (unpaired) electrons. The van der Waals surface area contributed by atoms with Crippen molar-refractivity contribution in [3.63, 3.8) is 0 Å². The predicted octanol–water partition coefficient (Wildman–Crippen LogP) is 2.67. The molecular formula is C6H4ClIN2. The maximum absolute atomic E-state index is 5.65. The van der Waals surface area contributed by atoms with Crippen LogP contribution in [0.15, 0.2) is 17.3 Å². The van der Waals surface area contributed by atoms with Crippen molar-refractivity contribution in [3.8, 4) is 0 Å². The second-order valence-electron chi connectivity index (χ2n) is 1.62. The van der Waals surface area contributed by atoms with Gasteiger partial charge in [-0.3, -0.25) is 4.99 Å². The number of aliphatic imine (C=N–C) groups is 1. The lowest BCUT2D eigenvalue weighted by Crippen LogP contribution is -1.77. The summed E-state index contributed by atoms with van der Waals surface area (Å²) in [7, 11) is 0. The van der Waals surface area contributed by atoms with E-state index in [0.717, 1.165) is 3.57 Å². The molecule has 0 bridgehead atoms. The molecule has 0 spiro atoms. The molecule has 0 aliphatic rings. The van der Waals surface area contributed by atoms with Crippen LogP contribution in [0.2, 0.25) is 5.15 Å². The minimum absolute atomic E-state index is 0.399. The first-order valence-electron chi connectivity index (χ1n) is 2.52. The molecule has 1 aromatic heterocycles. The molecule has 0 amide bonds. The monoisotopic (exact) mass is 266 g/mol. The Morgan fingerprint density at radius 3 is 2.90 bits per heavy atom. The van der Waals surface area contributed by atoms with Crippen molar-refractivity contribution in [2.45, 2.75) is 0 Å². The highest BCUT2D eigenvalue weighted by atomic mass is 127. The molecular weight excluding hydrogens is 262 g/mol. The molecule has 0 aliphatic heterocycles. The third kappa shape index (κ3) is 1.67. The third-order valence-corrected chi connectivity index (χ3v) is 1.84. The second kappa shape index (κ2) is 3.30. The molecule has 4 heteroatoms. The minimum Gasteiger partial charge on any atom is -0.261 e. The zero-order valence-electron chi connectivity index (χ0n) is 5.01. The van der Waals surface area contributed by atoms with E-state index in [1.165, 1.54) is 0 Å². The molecule has 0 atom stereocenters. The SMILES string of the molecule is C=Nc1cc(I)cnc1Cl. The zero-order chi connectivity index (χ0) is 7.56. The Hall–Kier alpha value is -0.160. The summed E-state index contributed by atoms with van der Waals surface area (Å²) in [6, 6.07) is 1.82. The quantitative estimate of drug-likeness (QED) is 0.436. The van der Waals surface area contributed by atoms with Crippen molar-refractivity contribution in [3.05, 3.63) is 21.0 Å². The summed E-state index contributed by atoms with van der Waals surface area (Å²) in [5, 5.41) is 0.399. The first-order chi connectivity index (χ1) is 4.74. The Bertz CT molecular complexity index is 262. The Balaban J connectivity index is 3.21. The molecule has 1 aromatic rings. The number of halogens is 2. The lowest BCUT2D eigenvalue weighted by atomic mass is 10.4. The van der Waals surface area contributed by atoms with Gasteiger partial charge in [-0.25, -0.2) is 4.98 Å². The fourth-order valence-electron chi connectivity index (χ4n) is 0.523. The van der Waals surface area contributed by atoms with Crippen molar-refractivity contribution in [1.29, 1.82) is 0 Å². The first kappa shape index (κ1) is 7.94. The van der Waals surface area contributed by atoms with Gasteiger partial charge in [0.05, 0.1) is 0 Å². The average Bonchev–Trinajstić information content (AvgIpc) is 1.94. The third-order valence-electron chi connectivity index (χ3n) is 0.958. The summed E-state index contributed by atoms with van der Waals surface area (Å²) >= 11 is 7.78. The standard InChI is InChI=1S/C6H4ClIN2/c1-9-5-2-4(8)3-10-6(5)7/h2-3H,1H2. The summed E-state index contributed by atoms with van der Waals surface area (Å²) < 4.78 is 1.00. The van der Waals surface area contributed by atoms with Gasteiger partial charge in [0.2, 0.25) is 0 Å². The van der Waals surface area contributed by atoms with E-state index in [1.807, 2.05) is 6.07 Å². The molecule has 0 unspecified atom stereocenters. The Labute approximate surface area is 77.5 Å². The van der Waals surface area contributed by atoms with Crippen LogP contribution in [-0.4, -0.2) is 11.7 Å². The largest absolute Gasteiger partial charge is 0.261 e. The summed E-state index contributed by atoms with van der Waals surface area (Å²) in [6.45, 7) is 3.36. The zero-order valence-corrected chi connectivity index (χ0v) is 7.93. The number of rotatable bonds is 1. The van der Waals surface area contributed by atoms with Gasteiger partial charge < -0.3 is 0 Å². The van der Waals surface area contributed by atoms with E-state index in [9.17, 15) is 0 Å². The smallest absolute Gasteiger partial charge is 0.154 e. The lowest BCUT2D eigenvalue weighted by molar-refractivity contribution is 1.29. The molecule has 0 fully saturated rings. The van der Waals surface area contributed by atoms with E-state index in [2.05, 4.69) is 39.3 Å². The van der Waals surface area contributed by atoms with Crippen molar-refractivity contribution < 1.29 is 0 Å². The van der Waals surface area contributed by atoms with Crippen LogP contribution in [0.25, 0.3) is 0 Å². The summed E-state index contributed by atoms with van der Waals surface area (Å²) in [5.41, 5.74) is 0.633. The van der Waals surface area contributed by atoms with Crippen molar-refractivity contribution in [1.82, 2.24) is 4.98 Å². The van der Waals surface area contributed by atoms with Crippen molar-refractivity contribution in [2.75, 3.05) is 0 Å². The number of nitrogens with zero attached hydrogens (tertiary/aromatic N) is 2. The van der Waals surface area contributed by atoms with Crippen molar-refractivity contribution in [2.24, 2.45) is 4.99 Å². The Morgan fingerprint density at radius 2 is 2.40 bits per heavy atom. The average molecular weight is 266 g/mol. The van der Waals surface area contributed by atoms with Crippen LogP contribution in [0.1, 0.15) is 0 Å². The highest BCUT2D eigenvalue weighted by Crippen LogP contribution is 2.22. The normalized spacial score (nSPS) is 9.40. The van der Waals surface area contributed by atoms with Gasteiger partial charge >= 0.3 is 0 Å². The molecule has 52 valence electrons. The lowest BCUT2D eigenvalue weighted by Gasteiger charge is -1.94. The van der Waals surface area contributed by atoms with E-state index in [-0.39, 0.29) is 0 Å². The minimum atomic E-state index is 0.399. The van der Waals surface area contributed by atoms with E-state index in [1.54, 1.807) is 6.20 Å². The number of pyridine rings is 1. The molecule has 0 saturated carbocycles. The number of aromatic nitrogens is 1. The maximum atomic E-state index is 5.65. The van der Waals surface area contributed by atoms with Crippen LogP contribution in [0.5, 0.6) is 0 Å². The fraction of sp³-hybridized carbons (Fsp3) is 0. The van der Waals surface area contributed by atoms with Crippen LogP contribution < -0.4 is 0 Å². The van der Waals surface area contributed by atoms with E-state index < -0.39 is 0 Å². The first-order valence-corrected chi connectivity index (χ1v) is 3.97. The molecule has 1 heterocycles. The Morgan fingerprint density at radius 1 is 1.70 bits per heavy atom. The van der Waals surface area contributed by atoms with Crippen LogP contribution >= 0.6 is 34.2 Å². The van der Waals surface area contributed by atoms with Gasteiger partial charge in [0.1, 0.15) is 5.69 Å². The summed E-state index contributed by atoms with van der Waals surface area (Å²) in [6.07, 6.45) is 1.68. The van der Waals surface area contributed by atoms with E-state index in [4.69, 9.17) is 11.6 Å². The summed E-state index contributed by atoms with van der Waals surface area (Å²) in [4.78, 5) is 7.56. The van der Waals surface area contributed by atoms with Crippen molar-refractivity contribution >= 4 is 46.6 Å². The molecule has 2 nitrogen and oxygen atoms in total. The molecule has 1 rings (SSSR count). The number of hydrogen-bond acceptors (Lipinski definition) is 2. The molecule has 0 N–H and O–H groups in total. The van der Waals surface area contributed by atoms with Gasteiger partial charge in [-0.15, -0.1) is 0 Å². The summed E-state index contributed by atoms with van der Waals surface area (Å²) in [5.74, 6) is 0. The Kier molecular flexibility index (Phi) is 2.62. The second-order valence-corrected chi connectivity index (χ2v) is 3.23. The van der Waals surface area contributed by atoms with Gasteiger partial charge in [-0.2, -0.15) is 0 Å². The predicted molar refractivity (Wildman–Crippen MR) is 51.2 cm³/mol. The highest BCUT2D eigenvalue weighted by molar-refractivity contribution is 14.1. The van der Waals surface area contributed by atoms with Gasteiger partial charge in [0.15, 0.2) is 5.15 Å². The van der Waals surface area contributed by atoms with Gasteiger partial charge in [-0.05, 0) is 35.4 Å². The molecule has 0 aromatic carbocycles. The van der Waals surface area contributed by atoms with Crippen LogP contribution in [0.3, 0.4) is 0 Å². The van der Waals surface area contributed by atoms with E-state index in [0.29, 0.717) is 10.8 Å². The van der Waals surface area contributed by atoms with Gasteiger partial charge in [-0.1, -0.05) is 11.6 Å².